The number of para-hydroxylation sites is 2. The average Bonchev–Trinajstić information content (AvgIpc) is 2.66. The lowest BCUT2D eigenvalue weighted by Gasteiger charge is -2.14. The fourth-order valence-corrected chi connectivity index (χ4v) is 2.44. The first-order valence-corrected chi connectivity index (χ1v) is 8.05. The van der Waals surface area contributed by atoms with E-state index in [1.54, 1.807) is 24.3 Å². The van der Waals surface area contributed by atoms with Gasteiger partial charge in [0.1, 0.15) is 11.1 Å². The van der Waals surface area contributed by atoms with Crippen LogP contribution in [0.15, 0.2) is 36.4 Å². The number of hydrogen-bond acceptors (Lipinski definition) is 6. The molecule has 0 heterocycles. The number of carboxylic acids is 2. The van der Waals surface area contributed by atoms with Gasteiger partial charge >= 0.3 is 11.9 Å². The molecule has 0 spiro atoms. The quantitative estimate of drug-likeness (QED) is 0.609. The summed E-state index contributed by atoms with van der Waals surface area (Å²) in [5.74, 6) is -1.26. The van der Waals surface area contributed by atoms with Crippen molar-refractivity contribution < 1.29 is 38.7 Å². The lowest BCUT2D eigenvalue weighted by Crippen LogP contribution is -2.09. The van der Waals surface area contributed by atoms with Crippen molar-refractivity contribution in [1.82, 2.24) is 0 Å². The van der Waals surface area contributed by atoms with E-state index >= 15 is 0 Å². The van der Waals surface area contributed by atoms with Gasteiger partial charge in [0, 0.05) is 6.42 Å². The molecule has 0 amide bonds. The minimum atomic E-state index is -1.11. The highest BCUT2D eigenvalue weighted by atomic mass is 16.5. The van der Waals surface area contributed by atoms with E-state index < -0.39 is 11.9 Å². The molecule has 8 nitrogen and oxygen atoms in total. The van der Waals surface area contributed by atoms with Crippen molar-refractivity contribution in [2.75, 3.05) is 27.4 Å². The van der Waals surface area contributed by atoms with Crippen LogP contribution in [-0.2, 0) is 0 Å². The summed E-state index contributed by atoms with van der Waals surface area (Å²) in [6.45, 7) is 0.501. The van der Waals surface area contributed by atoms with Crippen molar-refractivity contribution in [2.45, 2.75) is 6.42 Å². The van der Waals surface area contributed by atoms with E-state index in [-0.39, 0.29) is 35.8 Å². The zero-order valence-electron chi connectivity index (χ0n) is 14.9. The van der Waals surface area contributed by atoms with Gasteiger partial charge < -0.3 is 29.2 Å². The Hall–Kier alpha value is -3.42. The molecule has 0 aromatic heterocycles. The average molecular weight is 376 g/mol. The summed E-state index contributed by atoms with van der Waals surface area (Å²) in [7, 11) is 2.75. The van der Waals surface area contributed by atoms with E-state index in [0.717, 1.165) is 0 Å². The number of carboxylic acid groups (broad SMARTS) is 2. The van der Waals surface area contributed by atoms with Crippen LogP contribution in [0.25, 0.3) is 0 Å². The molecule has 0 saturated carbocycles. The van der Waals surface area contributed by atoms with Gasteiger partial charge in [0.15, 0.2) is 23.0 Å². The second kappa shape index (κ2) is 9.33. The standard InChI is InChI=1S/C19H20O8/c1-24-16-12(18(20)21)6-3-8-14(16)26-10-5-11-27-15-9-4-7-13(19(22)23)17(15)25-2/h3-4,6-9H,5,10-11H2,1-2H3,(H,20,21)(H,22,23). The third-order valence-electron chi connectivity index (χ3n) is 3.63. The van der Waals surface area contributed by atoms with Crippen LogP contribution >= 0.6 is 0 Å². The highest BCUT2D eigenvalue weighted by Crippen LogP contribution is 2.32. The maximum absolute atomic E-state index is 11.2. The Morgan fingerprint density at radius 3 is 1.52 bits per heavy atom. The van der Waals surface area contributed by atoms with Gasteiger partial charge in [-0.05, 0) is 24.3 Å². The molecule has 0 radical (unpaired) electrons. The minimum Gasteiger partial charge on any atom is -0.492 e. The van der Waals surface area contributed by atoms with Crippen LogP contribution in [0.4, 0.5) is 0 Å². The highest BCUT2D eigenvalue weighted by molar-refractivity contribution is 5.92. The molecule has 2 aromatic carbocycles. The van der Waals surface area contributed by atoms with Gasteiger partial charge in [-0.15, -0.1) is 0 Å². The fraction of sp³-hybridized carbons (Fsp3) is 0.263. The van der Waals surface area contributed by atoms with Crippen molar-refractivity contribution >= 4 is 11.9 Å². The molecule has 0 aliphatic carbocycles. The maximum atomic E-state index is 11.2. The Labute approximate surface area is 155 Å². The first kappa shape index (κ1) is 19.9. The third kappa shape index (κ3) is 4.81. The number of aromatic carboxylic acids is 2. The monoisotopic (exact) mass is 376 g/mol. The molecule has 2 rings (SSSR count). The van der Waals surface area contributed by atoms with Gasteiger partial charge in [-0.1, -0.05) is 12.1 Å². The Morgan fingerprint density at radius 2 is 1.19 bits per heavy atom. The second-order valence-electron chi connectivity index (χ2n) is 5.33. The van der Waals surface area contributed by atoms with Crippen LogP contribution in [0.1, 0.15) is 27.1 Å². The molecule has 0 atom stereocenters. The summed E-state index contributed by atoms with van der Waals surface area (Å²) >= 11 is 0. The first-order chi connectivity index (χ1) is 13.0. The van der Waals surface area contributed by atoms with Gasteiger partial charge in [0.2, 0.25) is 0 Å². The van der Waals surface area contributed by atoms with Crippen molar-refractivity contribution in [3.8, 4) is 23.0 Å². The highest BCUT2D eigenvalue weighted by Gasteiger charge is 2.17. The van der Waals surface area contributed by atoms with Crippen LogP contribution in [-0.4, -0.2) is 49.6 Å². The summed E-state index contributed by atoms with van der Waals surface area (Å²) in [4.78, 5) is 22.4. The molecule has 0 fully saturated rings. The summed E-state index contributed by atoms with van der Waals surface area (Å²) in [6, 6.07) is 9.23. The Kier molecular flexibility index (Phi) is 6.87. The van der Waals surface area contributed by atoms with Crippen molar-refractivity contribution in [2.24, 2.45) is 0 Å². The summed E-state index contributed by atoms with van der Waals surface area (Å²) in [5, 5.41) is 18.3. The Bertz CT molecular complexity index is 748. The van der Waals surface area contributed by atoms with Gasteiger partial charge in [0.05, 0.1) is 27.4 Å². The molecule has 0 saturated heterocycles. The third-order valence-corrected chi connectivity index (χ3v) is 3.63. The molecule has 0 aliphatic rings. The van der Waals surface area contributed by atoms with E-state index in [1.807, 2.05) is 0 Å². The van der Waals surface area contributed by atoms with E-state index in [1.165, 1.54) is 26.4 Å². The zero-order chi connectivity index (χ0) is 19.8. The van der Waals surface area contributed by atoms with Gasteiger partial charge in [0.25, 0.3) is 0 Å². The van der Waals surface area contributed by atoms with Gasteiger partial charge in [-0.3, -0.25) is 0 Å². The smallest absolute Gasteiger partial charge is 0.339 e. The lowest BCUT2D eigenvalue weighted by atomic mass is 10.2. The SMILES string of the molecule is COc1c(OCCCOc2cccc(C(=O)O)c2OC)cccc1C(=O)O. The van der Waals surface area contributed by atoms with Gasteiger partial charge in [-0.25, -0.2) is 9.59 Å². The second-order valence-corrected chi connectivity index (χ2v) is 5.33. The summed E-state index contributed by atoms with van der Waals surface area (Å²) in [5.41, 5.74) is 0.0305. The van der Waals surface area contributed by atoms with Crippen LogP contribution < -0.4 is 18.9 Å². The number of carbonyl (C=O) groups is 2. The molecule has 0 aliphatic heterocycles. The van der Waals surface area contributed by atoms with E-state index in [4.69, 9.17) is 29.2 Å². The minimum absolute atomic E-state index is 0.0153. The number of benzene rings is 2. The number of methoxy groups -OCH3 is 2. The molecule has 144 valence electrons. The zero-order valence-corrected chi connectivity index (χ0v) is 14.9. The molecule has 0 bridgehead atoms. The number of ether oxygens (including phenoxy) is 4. The largest absolute Gasteiger partial charge is 0.492 e. The molecule has 0 unspecified atom stereocenters. The summed E-state index contributed by atoms with van der Waals surface area (Å²) in [6.07, 6.45) is 0.473. The Morgan fingerprint density at radius 1 is 0.778 bits per heavy atom. The molecular formula is C19H20O8. The van der Waals surface area contributed by atoms with Crippen molar-refractivity contribution in [3.05, 3.63) is 47.5 Å². The van der Waals surface area contributed by atoms with Crippen molar-refractivity contribution in [3.63, 3.8) is 0 Å². The predicted octanol–water partition coefficient (Wildman–Crippen LogP) is 2.95. The van der Waals surface area contributed by atoms with Crippen LogP contribution in [0, 0.1) is 0 Å². The van der Waals surface area contributed by atoms with Crippen LogP contribution in [0.3, 0.4) is 0 Å². The topological polar surface area (TPSA) is 112 Å². The van der Waals surface area contributed by atoms with Crippen molar-refractivity contribution in [1.29, 1.82) is 0 Å². The van der Waals surface area contributed by atoms with E-state index in [2.05, 4.69) is 0 Å². The maximum Gasteiger partial charge on any atom is 0.339 e. The lowest BCUT2D eigenvalue weighted by molar-refractivity contribution is 0.0681. The Balaban J connectivity index is 1.94. The number of rotatable bonds is 10. The normalized spacial score (nSPS) is 10.1. The van der Waals surface area contributed by atoms with E-state index in [0.29, 0.717) is 17.9 Å². The molecule has 27 heavy (non-hydrogen) atoms. The molecule has 2 aromatic rings. The van der Waals surface area contributed by atoms with E-state index in [9.17, 15) is 9.59 Å². The van der Waals surface area contributed by atoms with Crippen LogP contribution in [0.5, 0.6) is 23.0 Å². The molecule has 8 heteroatoms. The fourth-order valence-electron chi connectivity index (χ4n) is 2.44. The molecule has 2 N–H and O–H groups in total. The summed E-state index contributed by atoms with van der Waals surface area (Å²) < 4.78 is 21.4. The molecular weight excluding hydrogens is 356 g/mol. The first-order valence-electron chi connectivity index (χ1n) is 8.05. The van der Waals surface area contributed by atoms with Crippen LogP contribution in [0.2, 0.25) is 0 Å². The van der Waals surface area contributed by atoms with Gasteiger partial charge in [-0.2, -0.15) is 0 Å². The predicted molar refractivity (Wildman–Crippen MR) is 95.5 cm³/mol. The number of hydrogen-bond donors (Lipinski definition) is 2.